The standard InChI is InChI=1S/C63H84N14O5/c1-41-39-72(35-37-74(41)53-7-5-9-55-51(53)25-33-76(55)57-19-27-64-62(68-57)66-47-15-11-45(12-16-47)60(81)70-29-21-49(78)22-30-70)43(3)59(80)44(4)73-36-38-75(42(2)40-73)54-8-6-10-56-52(54)26-34-77(56)58-20-28-65-63(69-58)67-48-17-13-46(14-18-48)61(82)71-31-23-50(79)24-32-71/h5-10,19-20,25-28,33-34,41-50,78-79H,11-18,21-24,29-32,35-40H2,1-4H3,(H,64,66,68)(H,65,67,69)/t41-,42-,43?,44?,45?,46?,47?,48?/m1/s1. The van der Waals surface area contributed by atoms with Gasteiger partial charge in [-0.2, -0.15) is 9.97 Å². The number of rotatable bonds is 14. The molecule has 2 aromatic carbocycles. The van der Waals surface area contributed by atoms with Crippen molar-refractivity contribution in [3.63, 3.8) is 0 Å². The minimum atomic E-state index is -0.285. The van der Waals surface area contributed by atoms with Crippen LogP contribution in [0.1, 0.15) is 105 Å². The Morgan fingerprint density at radius 2 is 0.915 bits per heavy atom. The molecule has 2 unspecified atom stereocenters. The summed E-state index contributed by atoms with van der Waals surface area (Å²) >= 11 is 0. The Labute approximate surface area is 482 Å². The molecule has 6 fully saturated rings. The monoisotopic (exact) mass is 1120 g/mol. The van der Waals surface area contributed by atoms with Crippen LogP contribution in [0.2, 0.25) is 0 Å². The first-order chi connectivity index (χ1) is 39.8. The van der Waals surface area contributed by atoms with Crippen molar-refractivity contribution in [3.05, 3.63) is 85.5 Å². The number of carbonyl (C=O) groups is 3. The van der Waals surface area contributed by atoms with E-state index < -0.39 is 0 Å². The summed E-state index contributed by atoms with van der Waals surface area (Å²) < 4.78 is 4.27. The summed E-state index contributed by atoms with van der Waals surface area (Å²) in [5.74, 6) is 3.63. The summed E-state index contributed by atoms with van der Waals surface area (Å²) in [6, 6.07) is 21.6. The number of Topliss-reactive ketones (excluding diaryl/α,β-unsaturated/α-hetero) is 1. The van der Waals surface area contributed by atoms with Crippen molar-refractivity contribution in [3.8, 4) is 11.6 Å². The smallest absolute Gasteiger partial charge is 0.225 e. The number of aliphatic hydroxyl groups excluding tert-OH is 2. The molecule has 4 aliphatic heterocycles. The molecular formula is C63H84N14O5. The quantitative estimate of drug-likeness (QED) is 0.0860. The van der Waals surface area contributed by atoms with Gasteiger partial charge in [0, 0.05) is 148 Å². The number of piperidine rings is 2. The van der Waals surface area contributed by atoms with Crippen LogP contribution in [0.4, 0.5) is 23.3 Å². The molecule has 436 valence electrons. The first-order valence-corrected chi connectivity index (χ1v) is 30.7. The zero-order valence-corrected chi connectivity index (χ0v) is 48.4. The number of hydrogen-bond acceptors (Lipinski definition) is 15. The topological polar surface area (TPSA) is 197 Å². The molecule has 6 aromatic rings. The predicted molar refractivity (Wildman–Crippen MR) is 321 cm³/mol. The van der Waals surface area contributed by atoms with Gasteiger partial charge >= 0.3 is 0 Å². The van der Waals surface area contributed by atoms with Gasteiger partial charge < -0.3 is 49.6 Å². The number of amides is 2. The van der Waals surface area contributed by atoms with E-state index in [0.717, 1.165) is 124 Å². The van der Waals surface area contributed by atoms with Crippen LogP contribution in [0.15, 0.2) is 85.5 Å². The predicted octanol–water partition coefficient (Wildman–Crippen LogP) is 7.13. The average Bonchev–Trinajstić information content (AvgIpc) is 4.18. The van der Waals surface area contributed by atoms with Crippen molar-refractivity contribution in [1.29, 1.82) is 0 Å². The Kier molecular flexibility index (Phi) is 16.5. The number of hydrogen-bond donors (Lipinski definition) is 4. The third-order valence-corrected chi connectivity index (χ3v) is 19.4. The summed E-state index contributed by atoms with van der Waals surface area (Å²) in [4.78, 5) is 73.7. The van der Waals surface area contributed by atoms with Crippen LogP contribution in [-0.4, -0.2) is 190 Å². The highest BCUT2D eigenvalue weighted by Crippen LogP contribution is 2.36. The van der Waals surface area contributed by atoms with Gasteiger partial charge in [-0.05, 0) is 153 Å². The summed E-state index contributed by atoms with van der Waals surface area (Å²) in [6.07, 6.45) is 16.8. The van der Waals surface area contributed by atoms with Crippen LogP contribution in [0, 0.1) is 11.8 Å². The van der Waals surface area contributed by atoms with E-state index in [4.69, 9.17) is 9.97 Å². The number of benzene rings is 2. The average molecular weight is 1120 g/mol. The first kappa shape index (κ1) is 55.8. The zero-order chi connectivity index (χ0) is 56.6. The molecule has 12 rings (SSSR count). The highest BCUT2D eigenvalue weighted by molar-refractivity contribution is 5.95. The molecule has 4 N–H and O–H groups in total. The minimum absolute atomic E-state index is 0.0449. The summed E-state index contributed by atoms with van der Waals surface area (Å²) in [5.41, 5.74) is 4.51. The van der Waals surface area contributed by atoms with Crippen molar-refractivity contribution in [2.75, 3.05) is 85.9 Å². The van der Waals surface area contributed by atoms with Gasteiger partial charge in [0.2, 0.25) is 23.7 Å². The zero-order valence-electron chi connectivity index (χ0n) is 48.4. The molecule has 0 radical (unpaired) electrons. The van der Waals surface area contributed by atoms with Gasteiger partial charge in [-0.15, -0.1) is 0 Å². The molecule has 4 saturated heterocycles. The maximum Gasteiger partial charge on any atom is 0.225 e. The van der Waals surface area contributed by atoms with Crippen molar-refractivity contribution in [2.45, 2.75) is 153 Å². The molecule has 82 heavy (non-hydrogen) atoms. The van der Waals surface area contributed by atoms with E-state index in [1.165, 1.54) is 11.4 Å². The molecular weight excluding hydrogens is 1030 g/mol. The Morgan fingerprint density at radius 1 is 0.512 bits per heavy atom. The normalized spacial score (nSPS) is 25.6. The second-order valence-electron chi connectivity index (χ2n) is 24.6. The molecule has 19 heteroatoms. The number of fused-ring (bicyclic) bond motifs is 2. The van der Waals surface area contributed by atoms with E-state index in [-0.39, 0.29) is 77.9 Å². The summed E-state index contributed by atoms with van der Waals surface area (Å²) in [7, 11) is 0. The van der Waals surface area contributed by atoms with Crippen molar-refractivity contribution in [1.82, 2.24) is 48.7 Å². The van der Waals surface area contributed by atoms with Crippen LogP contribution in [-0.2, 0) is 14.4 Å². The van der Waals surface area contributed by atoms with Gasteiger partial charge in [0.25, 0.3) is 0 Å². The molecule has 2 amide bonds. The van der Waals surface area contributed by atoms with Gasteiger partial charge in [-0.3, -0.25) is 24.2 Å². The number of anilines is 4. The van der Waals surface area contributed by atoms with E-state index in [9.17, 15) is 24.6 Å². The lowest BCUT2D eigenvalue weighted by Gasteiger charge is -2.46. The molecule has 4 atom stereocenters. The molecule has 6 aliphatic rings. The van der Waals surface area contributed by atoms with Crippen molar-refractivity contribution in [2.24, 2.45) is 11.8 Å². The first-order valence-electron chi connectivity index (χ1n) is 30.7. The van der Waals surface area contributed by atoms with Gasteiger partial charge in [0.15, 0.2) is 5.78 Å². The van der Waals surface area contributed by atoms with Crippen LogP contribution < -0.4 is 20.4 Å². The molecule has 8 heterocycles. The van der Waals surface area contributed by atoms with Crippen LogP contribution in [0.25, 0.3) is 33.4 Å². The second kappa shape index (κ2) is 24.3. The van der Waals surface area contributed by atoms with Crippen LogP contribution in [0.3, 0.4) is 0 Å². The van der Waals surface area contributed by atoms with Crippen LogP contribution in [0.5, 0.6) is 0 Å². The summed E-state index contributed by atoms with van der Waals surface area (Å²) in [6.45, 7) is 16.1. The van der Waals surface area contributed by atoms with Crippen LogP contribution >= 0.6 is 0 Å². The highest BCUT2D eigenvalue weighted by atomic mass is 16.3. The van der Waals surface area contributed by atoms with Crippen molar-refractivity contribution >= 4 is 62.7 Å². The minimum Gasteiger partial charge on any atom is -0.393 e. The lowest BCUT2D eigenvalue weighted by Crippen LogP contribution is -2.60. The maximum absolute atomic E-state index is 14.5. The number of likely N-dealkylation sites (tertiary alicyclic amines) is 2. The molecule has 19 nitrogen and oxygen atoms in total. The second-order valence-corrected chi connectivity index (χ2v) is 24.6. The number of ketones is 1. The Balaban J connectivity index is 0.627. The lowest BCUT2D eigenvalue weighted by molar-refractivity contribution is -0.139. The fraction of sp³-hybridized carbons (Fsp3) is 0.571. The molecule has 0 spiro atoms. The van der Waals surface area contributed by atoms with Gasteiger partial charge in [-0.25, -0.2) is 9.97 Å². The molecule has 2 saturated carbocycles. The Bertz CT molecular complexity index is 3000. The molecule has 4 aromatic heterocycles. The van der Waals surface area contributed by atoms with Crippen molar-refractivity contribution < 1.29 is 24.6 Å². The fourth-order valence-electron chi connectivity index (χ4n) is 14.4. The SMILES string of the molecule is CC(C(=O)C(C)N1CCN(c2cccc3c2ccn3-c2ccnc(NC3CCC(C(=O)N4CCC(O)CC4)CC3)n2)[C@H](C)C1)N1CCN(c2cccc3c2ccn3-c2ccnc(NC3CCC(C(=O)N4CCC(O)CC4)CC3)n2)[C@H](C)C1. The van der Waals surface area contributed by atoms with Gasteiger partial charge in [0.05, 0.1) is 35.3 Å². The molecule has 0 bridgehead atoms. The Morgan fingerprint density at radius 3 is 1.30 bits per heavy atom. The number of aromatic nitrogens is 6. The number of carbonyl (C=O) groups excluding carboxylic acids is 3. The largest absolute Gasteiger partial charge is 0.393 e. The van der Waals surface area contributed by atoms with Gasteiger partial charge in [-0.1, -0.05) is 12.1 Å². The number of nitrogens with zero attached hydrogens (tertiary/aromatic N) is 12. The summed E-state index contributed by atoms with van der Waals surface area (Å²) in [5, 5.41) is 29.3. The third-order valence-electron chi connectivity index (χ3n) is 19.4. The lowest BCUT2D eigenvalue weighted by atomic mass is 9.85. The van der Waals surface area contributed by atoms with E-state index in [0.29, 0.717) is 63.8 Å². The van der Waals surface area contributed by atoms with E-state index in [1.807, 2.05) is 34.3 Å². The number of piperazine rings is 2. The van der Waals surface area contributed by atoms with E-state index in [2.05, 4.69) is 138 Å². The van der Waals surface area contributed by atoms with E-state index in [1.54, 1.807) is 0 Å². The van der Waals surface area contributed by atoms with Gasteiger partial charge in [0.1, 0.15) is 11.6 Å². The van der Waals surface area contributed by atoms with E-state index >= 15 is 0 Å². The third kappa shape index (κ3) is 11.7. The fourth-order valence-corrected chi connectivity index (χ4v) is 14.4. The Hall–Kier alpha value is -6.67. The number of nitrogens with one attached hydrogen (secondary N) is 2. The molecule has 2 aliphatic carbocycles. The highest BCUT2D eigenvalue weighted by Gasteiger charge is 2.38. The number of aliphatic hydroxyl groups is 2. The maximum atomic E-state index is 14.5.